The van der Waals surface area contributed by atoms with Crippen molar-refractivity contribution in [1.82, 2.24) is 9.62 Å². The first kappa shape index (κ1) is 20.2. The fraction of sp³-hybridized carbons (Fsp3) is 0.529. The van der Waals surface area contributed by atoms with Crippen LogP contribution in [0.25, 0.3) is 0 Å². The molecular formula is C17H25N3O5S. The van der Waals surface area contributed by atoms with Crippen molar-refractivity contribution in [3.8, 4) is 5.75 Å². The largest absolute Gasteiger partial charge is 0.506 e. The van der Waals surface area contributed by atoms with Crippen LogP contribution in [-0.2, 0) is 19.6 Å². The Bertz CT molecular complexity index is 786. The monoisotopic (exact) mass is 383 g/mol. The number of aromatic hydroxyl groups is 1. The molecule has 3 N–H and O–H groups in total. The number of amides is 2. The Labute approximate surface area is 153 Å². The molecular weight excluding hydrogens is 358 g/mol. The molecule has 1 fully saturated rings. The normalized spacial score (nSPS) is 16.5. The van der Waals surface area contributed by atoms with Crippen LogP contribution in [0, 0.1) is 5.92 Å². The molecule has 0 bridgehead atoms. The van der Waals surface area contributed by atoms with Crippen molar-refractivity contribution in [1.29, 1.82) is 0 Å². The highest BCUT2D eigenvalue weighted by atomic mass is 32.2. The van der Waals surface area contributed by atoms with Crippen molar-refractivity contribution >= 4 is 27.5 Å². The summed E-state index contributed by atoms with van der Waals surface area (Å²) in [5, 5.41) is 15.1. The molecule has 0 aliphatic carbocycles. The van der Waals surface area contributed by atoms with E-state index < -0.39 is 22.0 Å². The second-order valence-corrected chi connectivity index (χ2v) is 8.64. The van der Waals surface area contributed by atoms with Gasteiger partial charge in [-0.2, -0.15) is 4.31 Å². The first-order chi connectivity index (χ1) is 12.1. The van der Waals surface area contributed by atoms with E-state index in [0.29, 0.717) is 13.1 Å². The van der Waals surface area contributed by atoms with Crippen molar-refractivity contribution in [3.05, 3.63) is 18.2 Å². The smallest absolute Gasteiger partial charge is 0.247 e. The zero-order valence-corrected chi connectivity index (χ0v) is 16.0. The molecule has 144 valence electrons. The number of phenols is 1. The van der Waals surface area contributed by atoms with E-state index in [2.05, 4.69) is 10.6 Å². The van der Waals surface area contributed by atoms with Crippen LogP contribution in [0.1, 0.15) is 33.6 Å². The highest BCUT2D eigenvalue weighted by Gasteiger charge is 2.29. The van der Waals surface area contributed by atoms with Gasteiger partial charge in [-0.1, -0.05) is 13.8 Å². The Balaban J connectivity index is 2.26. The predicted molar refractivity (Wildman–Crippen MR) is 97.2 cm³/mol. The van der Waals surface area contributed by atoms with Gasteiger partial charge in [0.2, 0.25) is 21.8 Å². The lowest BCUT2D eigenvalue weighted by Gasteiger charge is -2.22. The molecule has 1 aromatic carbocycles. The highest BCUT2D eigenvalue weighted by Crippen LogP contribution is 2.29. The lowest BCUT2D eigenvalue weighted by atomic mass is 10.0. The number of benzene rings is 1. The van der Waals surface area contributed by atoms with Gasteiger partial charge in [0.25, 0.3) is 0 Å². The number of nitrogens with zero attached hydrogens (tertiary/aromatic N) is 1. The Morgan fingerprint density at radius 2 is 1.81 bits per heavy atom. The number of phenolic OH excluding ortho intramolecular Hbond substituents is 1. The highest BCUT2D eigenvalue weighted by molar-refractivity contribution is 7.89. The lowest BCUT2D eigenvalue weighted by Crippen LogP contribution is -2.46. The van der Waals surface area contributed by atoms with Gasteiger partial charge in [0.15, 0.2) is 0 Å². The maximum absolute atomic E-state index is 12.6. The van der Waals surface area contributed by atoms with Crippen LogP contribution in [0.15, 0.2) is 23.1 Å². The Kier molecular flexibility index (Phi) is 6.25. The summed E-state index contributed by atoms with van der Waals surface area (Å²) in [6.07, 6.45) is 1.63. The van der Waals surface area contributed by atoms with Crippen molar-refractivity contribution in [3.63, 3.8) is 0 Å². The fourth-order valence-corrected chi connectivity index (χ4v) is 4.36. The van der Waals surface area contributed by atoms with Gasteiger partial charge in [-0.15, -0.1) is 0 Å². The van der Waals surface area contributed by atoms with Crippen molar-refractivity contribution in [2.75, 3.05) is 18.4 Å². The minimum absolute atomic E-state index is 0.00752. The third kappa shape index (κ3) is 4.53. The molecule has 0 aromatic heterocycles. The molecule has 2 rings (SSSR count). The molecule has 1 heterocycles. The topological polar surface area (TPSA) is 116 Å². The molecule has 1 atom stereocenters. The van der Waals surface area contributed by atoms with Crippen molar-refractivity contribution in [2.45, 2.75) is 44.6 Å². The number of anilines is 1. The minimum atomic E-state index is -3.67. The summed E-state index contributed by atoms with van der Waals surface area (Å²) < 4.78 is 26.7. The van der Waals surface area contributed by atoms with Crippen LogP contribution in [0.4, 0.5) is 5.69 Å². The van der Waals surface area contributed by atoms with E-state index >= 15 is 0 Å². The zero-order chi connectivity index (χ0) is 19.5. The van der Waals surface area contributed by atoms with Crippen LogP contribution < -0.4 is 10.6 Å². The minimum Gasteiger partial charge on any atom is -0.506 e. The summed E-state index contributed by atoms with van der Waals surface area (Å²) in [5.74, 6) is -1.31. The van der Waals surface area contributed by atoms with E-state index in [1.165, 1.54) is 29.4 Å². The van der Waals surface area contributed by atoms with Gasteiger partial charge in [0, 0.05) is 20.0 Å². The number of hydrogen-bond acceptors (Lipinski definition) is 5. The molecule has 1 saturated heterocycles. The van der Waals surface area contributed by atoms with Crippen molar-refractivity contribution in [2.24, 2.45) is 5.92 Å². The first-order valence-electron chi connectivity index (χ1n) is 8.54. The molecule has 1 aromatic rings. The molecule has 1 aliphatic heterocycles. The van der Waals surface area contributed by atoms with E-state index in [1.54, 1.807) is 13.8 Å². The molecule has 1 aliphatic rings. The summed E-state index contributed by atoms with van der Waals surface area (Å²) >= 11 is 0. The lowest BCUT2D eigenvalue weighted by molar-refractivity contribution is -0.126. The quantitative estimate of drug-likeness (QED) is 0.640. The number of carbonyl (C=O) groups is 2. The van der Waals surface area contributed by atoms with Gasteiger partial charge in [0.05, 0.1) is 10.6 Å². The first-order valence-corrected chi connectivity index (χ1v) is 9.98. The molecule has 26 heavy (non-hydrogen) atoms. The van der Waals surface area contributed by atoms with Crippen LogP contribution in [0.5, 0.6) is 5.75 Å². The molecule has 0 saturated carbocycles. The van der Waals surface area contributed by atoms with Gasteiger partial charge < -0.3 is 15.7 Å². The predicted octanol–water partition coefficient (Wildman–Crippen LogP) is 1.28. The van der Waals surface area contributed by atoms with E-state index in [-0.39, 0.29) is 28.2 Å². The van der Waals surface area contributed by atoms with E-state index in [0.717, 1.165) is 12.8 Å². The van der Waals surface area contributed by atoms with Crippen LogP contribution in [0.2, 0.25) is 0 Å². The second kappa shape index (κ2) is 8.05. The number of hydrogen-bond donors (Lipinski definition) is 3. The average Bonchev–Trinajstić information content (AvgIpc) is 3.09. The van der Waals surface area contributed by atoms with Crippen LogP contribution in [-0.4, -0.2) is 48.8 Å². The third-order valence-corrected chi connectivity index (χ3v) is 6.13. The molecule has 9 heteroatoms. The number of carbonyl (C=O) groups excluding carboxylic acids is 2. The summed E-state index contributed by atoms with van der Waals surface area (Å²) in [6.45, 7) is 5.78. The summed E-state index contributed by atoms with van der Waals surface area (Å²) in [5.41, 5.74) is -0.00808. The Morgan fingerprint density at radius 1 is 1.19 bits per heavy atom. The molecule has 0 spiro atoms. The fourth-order valence-electron chi connectivity index (χ4n) is 2.82. The zero-order valence-electron chi connectivity index (χ0n) is 15.2. The van der Waals surface area contributed by atoms with Gasteiger partial charge in [-0.25, -0.2) is 8.42 Å². The number of nitrogens with one attached hydrogen (secondary N) is 2. The van der Waals surface area contributed by atoms with Gasteiger partial charge in [0.1, 0.15) is 11.8 Å². The van der Waals surface area contributed by atoms with Gasteiger partial charge >= 0.3 is 0 Å². The van der Waals surface area contributed by atoms with Crippen LogP contribution in [0.3, 0.4) is 0 Å². The SMILES string of the molecule is CC(=O)N[C@@H](C(=O)Nc1cc(S(=O)(=O)N2CCCC2)ccc1O)C(C)C. The summed E-state index contributed by atoms with van der Waals surface area (Å²) in [4.78, 5) is 23.8. The van der Waals surface area contributed by atoms with E-state index in [9.17, 15) is 23.1 Å². The van der Waals surface area contributed by atoms with Gasteiger partial charge in [-0.3, -0.25) is 9.59 Å². The Hall–Kier alpha value is -2.13. The van der Waals surface area contributed by atoms with E-state index in [4.69, 9.17) is 0 Å². The Morgan fingerprint density at radius 3 is 2.35 bits per heavy atom. The van der Waals surface area contributed by atoms with Gasteiger partial charge in [-0.05, 0) is 37.0 Å². The van der Waals surface area contributed by atoms with Crippen molar-refractivity contribution < 1.29 is 23.1 Å². The molecule has 8 nitrogen and oxygen atoms in total. The molecule has 0 unspecified atom stereocenters. The average molecular weight is 383 g/mol. The number of rotatable bonds is 6. The maximum Gasteiger partial charge on any atom is 0.247 e. The molecule has 2 amide bonds. The van der Waals surface area contributed by atoms with E-state index in [1.807, 2.05) is 0 Å². The number of sulfonamides is 1. The third-order valence-electron chi connectivity index (χ3n) is 4.24. The maximum atomic E-state index is 12.6. The second-order valence-electron chi connectivity index (χ2n) is 6.70. The molecule has 0 radical (unpaired) electrons. The van der Waals surface area contributed by atoms with Crippen LogP contribution >= 0.6 is 0 Å². The summed E-state index contributed by atoms with van der Waals surface area (Å²) in [6, 6.07) is 2.99. The standard InChI is InChI=1S/C17H25N3O5S/c1-11(2)16(18-12(3)21)17(23)19-14-10-13(6-7-15(14)22)26(24,25)20-8-4-5-9-20/h6-7,10-11,16,22H,4-5,8-9H2,1-3H3,(H,18,21)(H,19,23)/t16-/m1/s1. The summed E-state index contributed by atoms with van der Waals surface area (Å²) in [7, 11) is -3.67.